The third-order valence-electron chi connectivity index (χ3n) is 3.65. The van der Waals surface area contributed by atoms with E-state index in [0.717, 1.165) is 0 Å². The number of hydrogen-bond acceptors (Lipinski definition) is 5. The first kappa shape index (κ1) is 16.0. The normalized spacial score (nSPS) is 18.1. The topological polar surface area (TPSA) is 83.6 Å². The molecule has 116 valence electrons. The zero-order valence-corrected chi connectivity index (χ0v) is 13.4. The Morgan fingerprint density at radius 2 is 2.05 bits per heavy atom. The average Bonchev–Trinajstić information content (AvgIpc) is 2.98. The van der Waals surface area contributed by atoms with E-state index < -0.39 is 9.84 Å². The molecule has 1 aromatic rings. The zero-order valence-electron chi connectivity index (χ0n) is 11.7. The number of nitrogens with one attached hydrogen (secondary N) is 1. The minimum absolute atomic E-state index is 0.0703. The molecule has 8 heteroatoms. The van der Waals surface area contributed by atoms with E-state index in [4.69, 9.17) is 0 Å². The summed E-state index contributed by atoms with van der Waals surface area (Å²) in [6, 6.07) is 1.62. The van der Waals surface area contributed by atoms with Gasteiger partial charge in [0.2, 0.25) is 5.91 Å². The van der Waals surface area contributed by atoms with Crippen LogP contribution in [0.4, 0.5) is 0 Å². The molecule has 1 aliphatic heterocycles. The van der Waals surface area contributed by atoms with Crippen LogP contribution < -0.4 is 5.32 Å². The Labute approximate surface area is 128 Å². The van der Waals surface area contributed by atoms with Crippen LogP contribution in [0.15, 0.2) is 16.8 Å². The van der Waals surface area contributed by atoms with E-state index in [-0.39, 0.29) is 35.9 Å². The summed E-state index contributed by atoms with van der Waals surface area (Å²) < 4.78 is 22.8. The van der Waals surface area contributed by atoms with Crippen molar-refractivity contribution >= 4 is 33.0 Å². The number of carbonyl (C=O) groups is 2. The molecule has 0 aliphatic carbocycles. The fourth-order valence-electron chi connectivity index (χ4n) is 2.24. The van der Waals surface area contributed by atoms with Crippen LogP contribution in [0.5, 0.6) is 0 Å². The lowest BCUT2D eigenvalue weighted by molar-refractivity contribution is -0.131. The van der Waals surface area contributed by atoms with Crippen molar-refractivity contribution in [3.8, 4) is 0 Å². The van der Waals surface area contributed by atoms with Crippen LogP contribution in [0.3, 0.4) is 0 Å². The molecule has 2 heterocycles. The highest BCUT2D eigenvalue weighted by molar-refractivity contribution is 7.91. The van der Waals surface area contributed by atoms with E-state index >= 15 is 0 Å². The monoisotopic (exact) mass is 330 g/mol. The van der Waals surface area contributed by atoms with Gasteiger partial charge in [0.25, 0.3) is 5.91 Å². The lowest BCUT2D eigenvalue weighted by atomic mass is 10.1. The predicted octanol–water partition coefficient (Wildman–Crippen LogP) is 0.513. The van der Waals surface area contributed by atoms with E-state index in [0.29, 0.717) is 18.4 Å². The molecule has 0 aromatic carbocycles. The van der Waals surface area contributed by atoms with Crippen molar-refractivity contribution in [3.63, 3.8) is 0 Å². The van der Waals surface area contributed by atoms with Gasteiger partial charge in [0.1, 0.15) is 9.84 Å². The van der Waals surface area contributed by atoms with Gasteiger partial charge in [-0.1, -0.05) is 0 Å². The maximum absolute atomic E-state index is 12.0. The molecule has 1 fully saturated rings. The van der Waals surface area contributed by atoms with Crippen molar-refractivity contribution in [1.82, 2.24) is 10.2 Å². The molecule has 0 bridgehead atoms. The SMILES string of the molecule is CN(C(=O)CNC(=O)c1ccsc1)C1CCS(=O)(=O)CC1. The van der Waals surface area contributed by atoms with E-state index in [1.54, 1.807) is 28.8 Å². The van der Waals surface area contributed by atoms with Gasteiger partial charge in [0.05, 0.1) is 18.1 Å². The van der Waals surface area contributed by atoms with Gasteiger partial charge < -0.3 is 10.2 Å². The van der Waals surface area contributed by atoms with E-state index in [9.17, 15) is 18.0 Å². The van der Waals surface area contributed by atoms with Gasteiger partial charge >= 0.3 is 0 Å². The Morgan fingerprint density at radius 1 is 1.38 bits per heavy atom. The summed E-state index contributed by atoms with van der Waals surface area (Å²) in [6.45, 7) is -0.0750. The van der Waals surface area contributed by atoms with Crippen LogP contribution in [0, 0.1) is 0 Å². The van der Waals surface area contributed by atoms with Crippen LogP contribution in [0.1, 0.15) is 23.2 Å². The summed E-state index contributed by atoms with van der Waals surface area (Å²) in [6.07, 6.45) is 0.923. The molecule has 2 amide bonds. The number of sulfone groups is 1. The molecule has 1 N–H and O–H groups in total. The quantitative estimate of drug-likeness (QED) is 0.872. The highest BCUT2D eigenvalue weighted by atomic mass is 32.2. The Balaban J connectivity index is 1.82. The van der Waals surface area contributed by atoms with Crippen LogP contribution in [0.2, 0.25) is 0 Å². The standard InChI is InChI=1S/C13H18N2O4S2/c1-15(11-3-6-21(18,19)7-4-11)12(16)8-14-13(17)10-2-5-20-9-10/h2,5,9,11H,3-4,6-8H2,1H3,(H,14,17). The van der Waals surface area contributed by atoms with Crippen molar-refractivity contribution in [2.45, 2.75) is 18.9 Å². The second-order valence-corrected chi connectivity index (χ2v) is 8.17. The van der Waals surface area contributed by atoms with Gasteiger partial charge in [-0.25, -0.2) is 8.42 Å². The maximum atomic E-state index is 12.0. The molecule has 21 heavy (non-hydrogen) atoms. The van der Waals surface area contributed by atoms with Gasteiger partial charge in [-0.15, -0.1) is 0 Å². The molecule has 0 atom stereocenters. The first-order valence-corrected chi connectivity index (χ1v) is 9.42. The molecule has 0 saturated carbocycles. The summed E-state index contributed by atoms with van der Waals surface area (Å²) in [5, 5.41) is 6.09. The lowest BCUT2D eigenvalue weighted by Gasteiger charge is -2.31. The third kappa shape index (κ3) is 4.28. The number of carbonyl (C=O) groups excluding carboxylic acids is 2. The maximum Gasteiger partial charge on any atom is 0.252 e. The molecule has 1 aromatic heterocycles. The van der Waals surface area contributed by atoms with Gasteiger partial charge in [-0.3, -0.25) is 9.59 Å². The third-order valence-corrected chi connectivity index (χ3v) is 6.05. The number of thiophene rings is 1. The number of amides is 2. The molecule has 0 radical (unpaired) electrons. The zero-order chi connectivity index (χ0) is 15.5. The Kier molecular flexibility index (Phi) is 5.00. The second-order valence-electron chi connectivity index (χ2n) is 5.08. The molecule has 0 unspecified atom stereocenters. The fraction of sp³-hybridized carbons (Fsp3) is 0.538. The number of likely N-dealkylation sites (N-methyl/N-ethyl adjacent to an activating group) is 1. The Hall–Kier alpha value is -1.41. The minimum atomic E-state index is -2.94. The van der Waals surface area contributed by atoms with Crippen LogP contribution >= 0.6 is 11.3 Å². The molecule has 1 aliphatic rings. The molecule has 2 rings (SSSR count). The summed E-state index contributed by atoms with van der Waals surface area (Å²) in [7, 11) is -1.28. The smallest absolute Gasteiger partial charge is 0.252 e. The van der Waals surface area contributed by atoms with Gasteiger partial charge in [0, 0.05) is 24.0 Å². The number of nitrogens with zero attached hydrogens (tertiary/aromatic N) is 1. The van der Waals surface area contributed by atoms with Gasteiger partial charge in [-0.05, 0) is 24.3 Å². The number of rotatable bonds is 4. The first-order valence-electron chi connectivity index (χ1n) is 6.65. The van der Waals surface area contributed by atoms with Crippen molar-refractivity contribution in [2.24, 2.45) is 0 Å². The summed E-state index contributed by atoms with van der Waals surface area (Å²) in [5.74, 6) is -0.236. The van der Waals surface area contributed by atoms with Crippen LogP contribution in [-0.2, 0) is 14.6 Å². The highest BCUT2D eigenvalue weighted by Gasteiger charge is 2.28. The Bertz CT molecular complexity index is 596. The molecule has 6 nitrogen and oxygen atoms in total. The molecule has 0 spiro atoms. The van der Waals surface area contributed by atoms with E-state index in [1.807, 2.05) is 0 Å². The van der Waals surface area contributed by atoms with E-state index in [1.165, 1.54) is 11.3 Å². The predicted molar refractivity (Wildman–Crippen MR) is 81.1 cm³/mol. The van der Waals surface area contributed by atoms with Gasteiger partial charge in [-0.2, -0.15) is 11.3 Å². The van der Waals surface area contributed by atoms with Crippen molar-refractivity contribution in [3.05, 3.63) is 22.4 Å². The number of hydrogen-bond donors (Lipinski definition) is 1. The average molecular weight is 330 g/mol. The van der Waals surface area contributed by atoms with E-state index in [2.05, 4.69) is 5.32 Å². The van der Waals surface area contributed by atoms with Crippen LogP contribution in [-0.4, -0.2) is 56.3 Å². The van der Waals surface area contributed by atoms with Crippen molar-refractivity contribution < 1.29 is 18.0 Å². The van der Waals surface area contributed by atoms with Crippen LogP contribution in [0.25, 0.3) is 0 Å². The van der Waals surface area contributed by atoms with Gasteiger partial charge in [0.15, 0.2) is 0 Å². The fourth-order valence-corrected chi connectivity index (χ4v) is 4.35. The summed E-state index contributed by atoms with van der Waals surface area (Å²) >= 11 is 1.42. The largest absolute Gasteiger partial charge is 0.343 e. The molecule has 1 saturated heterocycles. The van der Waals surface area contributed by atoms with Crippen molar-refractivity contribution in [1.29, 1.82) is 0 Å². The van der Waals surface area contributed by atoms with Crippen molar-refractivity contribution in [2.75, 3.05) is 25.1 Å². The minimum Gasteiger partial charge on any atom is -0.343 e. The first-order chi connectivity index (χ1) is 9.89. The summed E-state index contributed by atoms with van der Waals surface area (Å²) in [4.78, 5) is 25.3. The lowest BCUT2D eigenvalue weighted by Crippen LogP contribution is -2.46. The second kappa shape index (κ2) is 6.57. The summed E-state index contributed by atoms with van der Waals surface area (Å²) in [5.41, 5.74) is 0.541. The Morgan fingerprint density at radius 3 is 2.62 bits per heavy atom. The molecular formula is C13H18N2O4S2. The highest BCUT2D eigenvalue weighted by Crippen LogP contribution is 2.17. The molecular weight excluding hydrogens is 312 g/mol.